The van der Waals surface area contributed by atoms with Crippen LogP contribution in [0.15, 0.2) is 18.2 Å². The van der Waals surface area contributed by atoms with Crippen LogP contribution in [0.4, 0.5) is 0 Å². The van der Waals surface area contributed by atoms with Gasteiger partial charge in [-0.15, -0.1) is 0 Å². The molecule has 6 heteroatoms. The zero-order valence-electron chi connectivity index (χ0n) is 10.4. The highest BCUT2D eigenvalue weighted by Gasteiger charge is 2.12. The van der Waals surface area contributed by atoms with E-state index in [2.05, 4.69) is 0 Å². The highest BCUT2D eigenvalue weighted by molar-refractivity contribution is 5.98. The molecule has 0 spiro atoms. The number of carbonyl (C=O) groups excluding carboxylic acids is 2. The molecule has 0 aliphatic heterocycles. The molecule has 1 rings (SSSR count). The van der Waals surface area contributed by atoms with Crippen LogP contribution in [0.3, 0.4) is 0 Å². The van der Waals surface area contributed by atoms with E-state index >= 15 is 0 Å². The molecule has 0 heterocycles. The van der Waals surface area contributed by atoms with Gasteiger partial charge in [0.2, 0.25) is 5.91 Å². The summed E-state index contributed by atoms with van der Waals surface area (Å²) in [4.78, 5) is 22.8. The van der Waals surface area contributed by atoms with E-state index in [0.29, 0.717) is 17.1 Å². The predicted molar refractivity (Wildman–Crippen MR) is 65.4 cm³/mol. The number of amides is 1. The van der Waals surface area contributed by atoms with Crippen molar-refractivity contribution < 1.29 is 19.1 Å². The zero-order valence-corrected chi connectivity index (χ0v) is 10.4. The molecule has 1 aromatic carbocycles. The number of ether oxygens (including phenoxy) is 2. The predicted octanol–water partition coefficient (Wildman–Crippen LogP) is 0.657. The Labute approximate surface area is 105 Å². The Morgan fingerprint density at radius 3 is 2.39 bits per heavy atom. The van der Waals surface area contributed by atoms with E-state index in [9.17, 15) is 9.59 Å². The van der Waals surface area contributed by atoms with Crippen molar-refractivity contribution in [2.24, 2.45) is 5.84 Å². The highest BCUT2D eigenvalue weighted by atomic mass is 16.5. The smallest absolute Gasteiger partial charge is 0.234 e. The average Bonchev–Trinajstić information content (AvgIpc) is 2.43. The first kappa shape index (κ1) is 14.0. The quantitative estimate of drug-likeness (QED) is 0.336. The van der Waals surface area contributed by atoms with Crippen molar-refractivity contribution in [1.82, 2.24) is 5.43 Å². The molecule has 0 fully saturated rings. The van der Waals surface area contributed by atoms with Crippen LogP contribution >= 0.6 is 0 Å². The SMILES string of the molecule is COc1ccc(C(=O)CCC(=O)NN)cc1OC. The first-order valence-electron chi connectivity index (χ1n) is 5.37. The lowest BCUT2D eigenvalue weighted by atomic mass is 10.1. The lowest BCUT2D eigenvalue weighted by Crippen LogP contribution is -2.30. The standard InChI is InChI=1S/C12H16N2O4/c1-17-10-5-3-8(7-11(10)18-2)9(15)4-6-12(16)14-13/h3,5,7H,4,6,13H2,1-2H3,(H,14,16). The van der Waals surface area contributed by atoms with Gasteiger partial charge < -0.3 is 9.47 Å². The van der Waals surface area contributed by atoms with E-state index < -0.39 is 0 Å². The summed E-state index contributed by atoms with van der Waals surface area (Å²) in [6.45, 7) is 0. The third-order valence-electron chi connectivity index (χ3n) is 2.45. The molecule has 0 saturated heterocycles. The maximum absolute atomic E-state index is 11.8. The van der Waals surface area contributed by atoms with Crippen molar-refractivity contribution in [3.8, 4) is 11.5 Å². The van der Waals surface area contributed by atoms with E-state index in [1.54, 1.807) is 18.2 Å². The van der Waals surface area contributed by atoms with Gasteiger partial charge in [0.15, 0.2) is 17.3 Å². The minimum absolute atomic E-state index is 0.0592. The molecule has 0 radical (unpaired) electrons. The van der Waals surface area contributed by atoms with Crippen molar-refractivity contribution in [1.29, 1.82) is 0 Å². The normalized spacial score (nSPS) is 9.72. The van der Waals surface area contributed by atoms with Crippen LogP contribution in [0, 0.1) is 0 Å². The fourth-order valence-corrected chi connectivity index (χ4v) is 1.45. The fraction of sp³-hybridized carbons (Fsp3) is 0.333. The van der Waals surface area contributed by atoms with E-state index in [0.717, 1.165) is 0 Å². The van der Waals surface area contributed by atoms with Gasteiger partial charge >= 0.3 is 0 Å². The van der Waals surface area contributed by atoms with Gasteiger partial charge in [-0.2, -0.15) is 0 Å². The Morgan fingerprint density at radius 2 is 1.83 bits per heavy atom. The summed E-state index contributed by atoms with van der Waals surface area (Å²) in [5, 5.41) is 0. The first-order chi connectivity index (χ1) is 8.62. The number of benzene rings is 1. The molecule has 0 aliphatic rings. The van der Waals surface area contributed by atoms with E-state index in [1.807, 2.05) is 5.43 Å². The molecule has 0 aromatic heterocycles. The van der Waals surface area contributed by atoms with Gasteiger partial charge in [-0.05, 0) is 18.2 Å². The molecule has 98 valence electrons. The molecule has 18 heavy (non-hydrogen) atoms. The van der Waals surface area contributed by atoms with Crippen molar-refractivity contribution in [2.45, 2.75) is 12.8 Å². The average molecular weight is 252 g/mol. The molecule has 6 nitrogen and oxygen atoms in total. The molecular weight excluding hydrogens is 236 g/mol. The number of ketones is 1. The van der Waals surface area contributed by atoms with Gasteiger partial charge in [-0.25, -0.2) is 5.84 Å². The van der Waals surface area contributed by atoms with Gasteiger partial charge in [0.25, 0.3) is 0 Å². The topological polar surface area (TPSA) is 90.7 Å². The second-order valence-electron chi connectivity index (χ2n) is 3.56. The zero-order chi connectivity index (χ0) is 13.5. The maximum Gasteiger partial charge on any atom is 0.234 e. The van der Waals surface area contributed by atoms with Crippen molar-refractivity contribution in [3.05, 3.63) is 23.8 Å². The van der Waals surface area contributed by atoms with Crippen molar-refractivity contribution in [3.63, 3.8) is 0 Å². The molecule has 1 amide bonds. The number of hydrogen-bond acceptors (Lipinski definition) is 5. The largest absolute Gasteiger partial charge is 0.493 e. The molecule has 0 atom stereocenters. The number of carbonyl (C=O) groups is 2. The Balaban J connectivity index is 2.77. The molecular formula is C12H16N2O4. The van der Waals surface area contributed by atoms with Crippen LogP contribution in [0.2, 0.25) is 0 Å². The second kappa shape index (κ2) is 6.61. The summed E-state index contributed by atoms with van der Waals surface area (Å²) < 4.78 is 10.2. The number of hydrogen-bond donors (Lipinski definition) is 2. The van der Waals surface area contributed by atoms with Crippen LogP contribution in [0.25, 0.3) is 0 Å². The summed E-state index contributed by atoms with van der Waals surface area (Å²) in [5.41, 5.74) is 2.45. The van der Waals surface area contributed by atoms with E-state index in [4.69, 9.17) is 15.3 Å². The number of nitrogens with two attached hydrogens (primary N) is 1. The summed E-state index contributed by atoms with van der Waals surface area (Å²) in [5.74, 6) is 5.44. The summed E-state index contributed by atoms with van der Waals surface area (Å²) in [6.07, 6.45) is 0.155. The van der Waals surface area contributed by atoms with Gasteiger partial charge in [-0.3, -0.25) is 15.0 Å². The lowest BCUT2D eigenvalue weighted by Gasteiger charge is -2.08. The van der Waals surface area contributed by atoms with Crippen LogP contribution in [0.1, 0.15) is 23.2 Å². The number of methoxy groups -OCH3 is 2. The van der Waals surface area contributed by atoms with Gasteiger partial charge in [-0.1, -0.05) is 0 Å². The molecule has 1 aromatic rings. The third-order valence-corrected chi connectivity index (χ3v) is 2.45. The maximum atomic E-state index is 11.8. The van der Waals surface area contributed by atoms with Crippen LogP contribution in [-0.2, 0) is 4.79 Å². The van der Waals surface area contributed by atoms with Gasteiger partial charge in [0.05, 0.1) is 14.2 Å². The number of nitrogens with one attached hydrogen (secondary N) is 1. The van der Waals surface area contributed by atoms with Crippen LogP contribution in [-0.4, -0.2) is 25.9 Å². The van der Waals surface area contributed by atoms with Crippen LogP contribution < -0.4 is 20.7 Å². The van der Waals surface area contributed by atoms with E-state index in [-0.39, 0.29) is 24.5 Å². The molecule has 0 bridgehead atoms. The summed E-state index contributed by atoms with van der Waals surface area (Å²) >= 11 is 0. The first-order valence-corrected chi connectivity index (χ1v) is 5.37. The molecule has 0 unspecified atom stereocenters. The third kappa shape index (κ3) is 3.46. The second-order valence-corrected chi connectivity index (χ2v) is 3.56. The monoisotopic (exact) mass is 252 g/mol. The Kier molecular flexibility index (Phi) is 5.13. The molecule has 3 N–H and O–H groups in total. The van der Waals surface area contributed by atoms with Crippen LogP contribution in [0.5, 0.6) is 11.5 Å². The summed E-state index contributed by atoms with van der Waals surface area (Å²) in [6, 6.07) is 4.86. The summed E-state index contributed by atoms with van der Waals surface area (Å²) in [7, 11) is 3.01. The van der Waals surface area contributed by atoms with Crippen molar-refractivity contribution in [2.75, 3.05) is 14.2 Å². The Morgan fingerprint density at radius 1 is 1.17 bits per heavy atom. The molecule has 0 saturated carbocycles. The van der Waals surface area contributed by atoms with Gasteiger partial charge in [0.1, 0.15) is 0 Å². The number of hydrazine groups is 1. The minimum Gasteiger partial charge on any atom is -0.493 e. The Bertz CT molecular complexity index is 446. The van der Waals surface area contributed by atoms with E-state index in [1.165, 1.54) is 14.2 Å². The fourth-order valence-electron chi connectivity index (χ4n) is 1.45. The number of rotatable bonds is 6. The number of Topliss-reactive ketones (excluding diaryl/α,β-unsaturated/α-hetero) is 1. The highest BCUT2D eigenvalue weighted by Crippen LogP contribution is 2.28. The minimum atomic E-state index is -0.371. The van der Waals surface area contributed by atoms with Gasteiger partial charge in [0, 0.05) is 18.4 Å². The lowest BCUT2D eigenvalue weighted by molar-refractivity contribution is -0.121. The Hall–Kier alpha value is -2.08. The van der Waals surface area contributed by atoms with Crippen molar-refractivity contribution >= 4 is 11.7 Å². The molecule has 0 aliphatic carbocycles.